The van der Waals surface area contributed by atoms with Crippen LogP contribution < -0.4 is 4.90 Å². The summed E-state index contributed by atoms with van der Waals surface area (Å²) in [6, 6.07) is 12.6. The molecule has 3 saturated heterocycles. The highest BCUT2D eigenvalue weighted by molar-refractivity contribution is 5.81. The van der Waals surface area contributed by atoms with Gasteiger partial charge < -0.3 is 9.80 Å². The van der Waals surface area contributed by atoms with Crippen molar-refractivity contribution in [3.63, 3.8) is 0 Å². The van der Waals surface area contributed by atoms with Crippen molar-refractivity contribution in [1.29, 1.82) is 0 Å². The molecule has 7 heteroatoms. The van der Waals surface area contributed by atoms with Crippen molar-refractivity contribution in [3.8, 4) is 0 Å². The number of piperazine rings is 1. The molecule has 3 aliphatic rings. The number of aryl methyl sites for hydroxylation is 1. The number of carbonyl (C=O) groups is 1. The van der Waals surface area contributed by atoms with Crippen LogP contribution in [0.15, 0.2) is 42.7 Å². The van der Waals surface area contributed by atoms with E-state index in [1.165, 1.54) is 5.56 Å². The maximum absolute atomic E-state index is 12.8. The van der Waals surface area contributed by atoms with Crippen LogP contribution in [0.1, 0.15) is 17.5 Å². The maximum Gasteiger partial charge on any atom is 0.227 e. The fourth-order valence-electron chi connectivity index (χ4n) is 4.15. The molecule has 6 rings (SSSR count). The number of amides is 1. The zero-order valence-corrected chi connectivity index (χ0v) is 14.6. The van der Waals surface area contributed by atoms with Crippen LogP contribution >= 0.6 is 0 Å². The number of anilines is 1. The molecule has 5 heterocycles. The minimum atomic E-state index is 0.238. The highest BCUT2D eigenvalue weighted by atomic mass is 16.2. The number of piperidine rings is 1. The molecule has 0 N–H and O–H groups in total. The Morgan fingerprint density at radius 2 is 1.96 bits per heavy atom. The first-order valence-corrected chi connectivity index (χ1v) is 8.97. The number of rotatable bonds is 3. The average molecular weight is 348 g/mol. The quantitative estimate of drug-likeness (QED) is 0.717. The maximum atomic E-state index is 12.8. The number of fused-ring (bicyclic) bond motifs is 3. The van der Waals surface area contributed by atoms with Gasteiger partial charge in [-0.05, 0) is 36.6 Å². The summed E-state index contributed by atoms with van der Waals surface area (Å²) in [5.74, 6) is 1.15. The Balaban J connectivity index is 1.29. The first-order valence-electron chi connectivity index (χ1n) is 8.97. The van der Waals surface area contributed by atoms with Gasteiger partial charge in [-0.25, -0.2) is 0 Å². The second-order valence-corrected chi connectivity index (χ2v) is 7.18. The highest BCUT2D eigenvalue weighted by Gasteiger charge is 2.47. The number of benzene rings is 1. The zero-order chi connectivity index (χ0) is 17.7. The molecule has 3 aliphatic heterocycles. The van der Waals surface area contributed by atoms with Crippen LogP contribution in [0.25, 0.3) is 5.65 Å². The van der Waals surface area contributed by atoms with Gasteiger partial charge in [0.25, 0.3) is 0 Å². The van der Waals surface area contributed by atoms with E-state index in [4.69, 9.17) is 0 Å². The Hall–Kier alpha value is -2.96. The third-order valence-corrected chi connectivity index (χ3v) is 5.56. The molecule has 7 nitrogen and oxygen atoms in total. The van der Waals surface area contributed by atoms with Crippen molar-refractivity contribution < 1.29 is 4.79 Å². The molecular weight excluding hydrogens is 328 g/mol. The summed E-state index contributed by atoms with van der Waals surface area (Å²) >= 11 is 0. The molecule has 2 bridgehead atoms. The largest absolute Gasteiger partial charge is 0.351 e. The first-order chi connectivity index (χ1) is 12.7. The minimum Gasteiger partial charge on any atom is -0.351 e. The Labute approximate surface area is 151 Å². The molecule has 0 saturated carbocycles. The Morgan fingerprint density at radius 3 is 2.77 bits per heavy atom. The van der Waals surface area contributed by atoms with Crippen LogP contribution in [0.4, 0.5) is 5.82 Å². The lowest BCUT2D eigenvalue weighted by Crippen LogP contribution is -2.70. The smallest absolute Gasteiger partial charge is 0.227 e. The first kappa shape index (κ1) is 15.3. The fraction of sp³-hybridized carbons (Fsp3) is 0.368. The molecule has 2 aromatic heterocycles. The van der Waals surface area contributed by atoms with Gasteiger partial charge in [0.15, 0.2) is 5.65 Å². The van der Waals surface area contributed by atoms with Gasteiger partial charge in [-0.3, -0.25) is 4.79 Å². The number of hydrogen-bond donors (Lipinski definition) is 0. The van der Waals surface area contributed by atoms with Crippen molar-refractivity contribution >= 4 is 17.4 Å². The zero-order valence-electron chi connectivity index (χ0n) is 14.6. The van der Waals surface area contributed by atoms with Crippen LogP contribution in [0.3, 0.4) is 0 Å². The summed E-state index contributed by atoms with van der Waals surface area (Å²) in [6.07, 6.45) is 3.19. The summed E-state index contributed by atoms with van der Waals surface area (Å²) in [5, 5.41) is 12.4. The Morgan fingerprint density at radius 1 is 1.15 bits per heavy atom. The van der Waals surface area contributed by atoms with E-state index in [-0.39, 0.29) is 18.0 Å². The monoisotopic (exact) mass is 348 g/mol. The van der Waals surface area contributed by atoms with Gasteiger partial charge in [-0.15, -0.1) is 15.3 Å². The van der Waals surface area contributed by atoms with Crippen molar-refractivity contribution in [3.05, 3.63) is 53.9 Å². The van der Waals surface area contributed by atoms with Crippen LogP contribution in [0, 0.1) is 6.92 Å². The highest BCUT2D eigenvalue weighted by Crippen LogP contribution is 2.34. The second kappa shape index (κ2) is 5.79. The summed E-state index contributed by atoms with van der Waals surface area (Å²) in [6.45, 7) is 3.72. The SMILES string of the molecule is Cc1ccccc1CC(=O)N1C2CC1CN(c1ccc3nncn3n1)C2. The van der Waals surface area contributed by atoms with Crippen molar-refractivity contribution in [2.24, 2.45) is 0 Å². The van der Waals surface area contributed by atoms with Crippen LogP contribution in [-0.2, 0) is 11.2 Å². The summed E-state index contributed by atoms with van der Waals surface area (Å²) < 4.78 is 1.69. The van der Waals surface area contributed by atoms with E-state index in [9.17, 15) is 4.79 Å². The molecule has 1 aromatic carbocycles. The topological polar surface area (TPSA) is 66.6 Å². The number of nitrogens with zero attached hydrogens (tertiary/aromatic N) is 6. The molecule has 0 radical (unpaired) electrons. The van der Waals surface area contributed by atoms with E-state index >= 15 is 0 Å². The average Bonchev–Trinajstić information content (AvgIpc) is 3.11. The molecule has 3 fully saturated rings. The molecule has 0 aliphatic carbocycles. The van der Waals surface area contributed by atoms with Crippen LogP contribution in [-0.4, -0.2) is 55.8 Å². The van der Waals surface area contributed by atoms with Crippen LogP contribution in [0.2, 0.25) is 0 Å². The second-order valence-electron chi connectivity index (χ2n) is 7.18. The lowest BCUT2D eigenvalue weighted by Gasteiger charge is -2.56. The molecule has 3 aromatic rings. The van der Waals surface area contributed by atoms with E-state index in [0.29, 0.717) is 6.42 Å². The standard InChI is InChI=1S/C19H20N6O/c1-13-4-2-3-5-14(13)8-19(26)25-15-9-16(25)11-23(10-15)18-7-6-17-21-20-12-24(17)22-18/h2-7,12,15-16H,8-11H2,1H3. The molecule has 2 atom stereocenters. The predicted molar refractivity (Wildman–Crippen MR) is 96.9 cm³/mol. The summed E-state index contributed by atoms with van der Waals surface area (Å²) in [7, 11) is 0. The predicted octanol–water partition coefficient (Wildman–Crippen LogP) is 1.46. The van der Waals surface area contributed by atoms with Crippen molar-refractivity contribution in [2.45, 2.75) is 31.8 Å². The van der Waals surface area contributed by atoms with Crippen LogP contribution in [0.5, 0.6) is 0 Å². The lowest BCUT2D eigenvalue weighted by atomic mass is 9.86. The number of carbonyl (C=O) groups excluding carboxylic acids is 1. The third kappa shape index (κ3) is 2.42. The normalized spacial score (nSPS) is 21.7. The molecule has 0 spiro atoms. The number of aromatic nitrogens is 4. The van der Waals surface area contributed by atoms with Crippen molar-refractivity contribution in [1.82, 2.24) is 24.7 Å². The van der Waals surface area contributed by atoms with Gasteiger partial charge >= 0.3 is 0 Å². The van der Waals surface area contributed by atoms with Gasteiger partial charge in [0.2, 0.25) is 5.91 Å². The van der Waals surface area contributed by atoms with Gasteiger partial charge in [0, 0.05) is 13.1 Å². The summed E-state index contributed by atoms with van der Waals surface area (Å²) in [5.41, 5.74) is 3.05. The molecule has 1 amide bonds. The van der Waals surface area contributed by atoms with Gasteiger partial charge in [-0.1, -0.05) is 24.3 Å². The van der Waals surface area contributed by atoms with E-state index in [1.54, 1.807) is 10.8 Å². The summed E-state index contributed by atoms with van der Waals surface area (Å²) in [4.78, 5) is 17.2. The van der Waals surface area contributed by atoms with Gasteiger partial charge in [0.1, 0.15) is 12.1 Å². The Kier molecular flexibility index (Phi) is 3.41. The van der Waals surface area contributed by atoms with E-state index in [1.807, 2.05) is 30.3 Å². The minimum absolute atomic E-state index is 0.238. The molecule has 26 heavy (non-hydrogen) atoms. The van der Waals surface area contributed by atoms with Crippen molar-refractivity contribution in [2.75, 3.05) is 18.0 Å². The van der Waals surface area contributed by atoms with Gasteiger partial charge in [0.05, 0.1) is 18.5 Å². The fourth-order valence-corrected chi connectivity index (χ4v) is 4.15. The Bertz CT molecular complexity index is 971. The molecular formula is C19H20N6O. The molecule has 132 valence electrons. The third-order valence-electron chi connectivity index (χ3n) is 5.56. The number of hydrogen-bond acceptors (Lipinski definition) is 5. The lowest BCUT2D eigenvalue weighted by molar-refractivity contribution is -0.145. The molecule has 2 unspecified atom stereocenters. The van der Waals surface area contributed by atoms with E-state index in [0.717, 1.165) is 36.5 Å². The van der Waals surface area contributed by atoms with E-state index < -0.39 is 0 Å². The van der Waals surface area contributed by atoms with E-state index in [2.05, 4.69) is 38.1 Å². The van der Waals surface area contributed by atoms with Gasteiger partial charge in [-0.2, -0.15) is 4.52 Å².